The predicted octanol–water partition coefficient (Wildman–Crippen LogP) is 2.74. The van der Waals surface area contributed by atoms with E-state index in [0.717, 1.165) is 50.3 Å². The summed E-state index contributed by atoms with van der Waals surface area (Å²) in [6, 6.07) is 8.37. The number of amides is 1. The summed E-state index contributed by atoms with van der Waals surface area (Å²) in [5.41, 5.74) is 4.64. The molecule has 1 aromatic carbocycles. The summed E-state index contributed by atoms with van der Waals surface area (Å²) in [6.07, 6.45) is 1.47. The maximum absolute atomic E-state index is 12.9. The molecule has 2 N–H and O–H groups in total. The lowest BCUT2D eigenvalue weighted by Gasteiger charge is -2.32. The summed E-state index contributed by atoms with van der Waals surface area (Å²) in [7, 11) is 3.52. The Labute approximate surface area is 184 Å². The number of ether oxygens (including phenoxy) is 1. The minimum Gasteiger partial charge on any atom is -0.465 e. The summed E-state index contributed by atoms with van der Waals surface area (Å²) in [6.45, 7) is 9.53. The van der Waals surface area contributed by atoms with Crippen LogP contribution in [0.3, 0.4) is 0 Å². The van der Waals surface area contributed by atoms with E-state index in [1.54, 1.807) is 6.92 Å². The molecule has 31 heavy (non-hydrogen) atoms. The van der Waals surface area contributed by atoms with Gasteiger partial charge < -0.3 is 19.9 Å². The summed E-state index contributed by atoms with van der Waals surface area (Å²) < 4.78 is 4.91. The van der Waals surface area contributed by atoms with Crippen molar-refractivity contribution in [3.8, 4) is 0 Å². The summed E-state index contributed by atoms with van der Waals surface area (Å²) >= 11 is 0. The number of H-pyrrole nitrogens is 1. The Bertz CT molecular complexity index is 914. The number of hydrogen-bond donors (Lipinski definition) is 2. The molecule has 0 saturated carbocycles. The minimum atomic E-state index is -0.409. The molecule has 1 fully saturated rings. The van der Waals surface area contributed by atoms with Crippen molar-refractivity contribution in [1.82, 2.24) is 20.1 Å². The monoisotopic (exact) mass is 426 g/mol. The Balaban J connectivity index is 1.66. The van der Waals surface area contributed by atoms with Crippen molar-refractivity contribution in [2.75, 3.05) is 40.3 Å². The molecule has 168 valence electrons. The fourth-order valence-electron chi connectivity index (χ4n) is 4.12. The summed E-state index contributed by atoms with van der Waals surface area (Å²) in [4.78, 5) is 33.0. The van der Waals surface area contributed by atoms with E-state index in [-0.39, 0.29) is 5.91 Å². The standard InChI is InChI=1S/C24H34N4O3/c1-5-7-20-21(24(30)31-4)17(2)26-22(20)23(29)25-15-18-8-6-9-19(14-18)16-28-12-10-27(3)11-13-28/h6,8-9,14,26H,5,7,10-13,15-16H2,1-4H3,(H,25,29). The topological polar surface area (TPSA) is 77.7 Å². The maximum atomic E-state index is 12.9. The highest BCUT2D eigenvalue weighted by Crippen LogP contribution is 2.22. The quantitative estimate of drug-likeness (QED) is 0.635. The van der Waals surface area contributed by atoms with Gasteiger partial charge in [0.15, 0.2) is 0 Å². The van der Waals surface area contributed by atoms with Gasteiger partial charge in [-0.1, -0.05) is 37.6 Å². The van der Waals surface area contributed by atoms with Crippen molar-refractivity contribution >= 4 is 11.9 Å². The van der Waals surface area contributed by atoms with Crippen LogP contribution in [0.1, 0.15) is 56.6 Å². The molecule has 0 unspecified atom stereocenters. The third-order valence-corrected chi connectivity index (χ3v) is 5.85. The van der Waals surface area contributed by atoms with Crippen LogP contribution in [0.4, 0.5) is 0 Å². The molecule has 0 spiro atoms. The highest BCUT2D eigenvalue weighted by atomic mass is 16.5. The van der Waals surface area contributed by atoms with Crippen molar-refractivity contribution in [3.05, 3.63) is 57.9 Å². The average molecular weight is 427 g/mol. The van der Waals surface area contributed by atoms with Crippen LogP contribution in [0, 0.1) is 6.92 Å². The van der Waals surface area contributed by atoms with Crippen LogP contribution in [-0.4, -0.2) is 67.0 Å². The number of methoxy groups -OCH3 is 1. The van der Waals surface area contributed by atoms with Gasteiger partial charge in [0.1, 0.15) is 5.69 Å². The van der Waals surface area contributed by atoms with Gasteiger partial charge in [0, 0.05) is 45.0 Å². The van der Waals surface area contributed by atoms with Crippen molar-refractivity contribution < 1.29 is 14.3 Å². The Kier molecular flexibility index (Phi) is 7.87. The lowest BCUT2D eigenvalue weighted by atomic mass is 10.0. The van der Waals surface area contributed by atoms with Crippen LogP contribution in [0.15, 0.2) is 24.3 Å². The van der Waals surface area contributed by atoms with Gasteiger partial charge in [-0.3, -0.25) is 9.69 Å². The molecule has 2 heterocycles. The van der Waals surface area contributed by atoms with Crippen LogP contribution in [0.25, 0.3) is 0 Å². The Morgan fingerprint density at radius 1 is 1.16 bits per heavy atom. The third kappa shape index (κ3) is 5.74. The van der Waals surface area contributed by atoms with Crippen LogP contribution >= 0.6 is 0 Å². The summed E-state index contributed by atoms with van der Waals surface area (Å²) in [5.74, 6) is -0.612. The van der Waals surface area contributed by atoms with Gasteiger partial charge in [-0.2, -0.15) is 0 Å². The first-order valence-electron chi connectivity index (χ1n) is 11.0. The number of likely N-dealkylation sites (N-methyl/N-ethyl adjacent to an activating group) is 1. The van der Waals surface area contributed by atoms with Crippen LogP contribution in [0.2, 0.25) is 0 Å². The molecule has 0 aliphatic carbocycles. The Morgan fingerprint density at radius 3 is 2.55 bits per heavy atom. The average Bonchev–Trinajstić information content (AvgIpc) is 3.09. The van der Waals surface area contributed by atoms with Gasteiger partial charge in [-0.25, -0.2) is 4.79 Å². The number of benzene rings is 1. The van der Waals surface area contributed by atoms with Gasteiger partial charge >= 0.3 is 5.97 Å². The molecular weight excluding hydrogens is 392 g/mol. The van der Waals surface area contributed by atoms with Crippen LogP contribution in [-0.2, 0) is 24.2 Å². The van der Waals surface area contributed by atoms with Crippen LogP contribution in [0.5, 0.6) is 0 Å². The lowest BCUT2D eigenvalue weighted by Crippen LogP contribution is -2.43. The van der Waals surface area contributed by atoms with Crippen molar-refractivity contribution in [2.45, 2.75) is 39.8 Å². The third-order valence-electron chi connectivity index (χ3n) is 5.85. The first-order chi connectivity index (χ1) is 14.9. The van der Waals surface area contributed by atoms with E-state index in [2.05, 4.69) is 39.3 Å². The molecule has 3 rings (SSSR count). The highest BCUT2D eigenvalue weighted by molar-refractivity contribution is 6.00. The maximum Gasteiger partial charge on any atom is 0.339 e. The Morgan fingerprint density at radius 2 is 1.87 bits per heavy atom. The molecule has 0 atom stereocenters. The molecule has 1 saturated heterocycles. The number of carbonyl (C=O) groups is 2. The van der Waals surface area contributed by atoms with Gasteiger partial charge in [-0.05, 0) is 37.1 Å². The lowest BCUT2D eigenvalue weighted by molar-refractivity contribution is 0.0599. The molecule has 0 radical (unpaired) electrons. The molecule has 2 aromatic rings. The second-order valence-corrected chi connectivity index (χ2v) is 8.30. The fourth-order valence-corrected chi connectivity index (χ4v) is 4.12. The predicted molar refractivity (Wildman–Crippen MR) is 121 cm³/mol. The number of rotatable bonds is 8. The van der Waals surface area contributed by atoms with Crippen LogP contribution < -0.4 is 5.32 Å². The fraction of sp³-hybridized carbons (Fsp3) is 0.500. The Hall–Kier alpha value is -2.64. The molecule has 7 heteroatoms. The van der Waals surface area contributed by atoms with E-state index in [0.29, 0.717) is 29.9 Å². The second kappa shape index (κ2) is 10.6. The molecule has 1 aliphatic heterocycles. The van der Waals surface area contributed by atoms with E-state index in [9.17, 15) is 9.59 Å². The van der Waals surface area contributed by atoms with Gasteiger partial charge in [0.25, 0.3) is 5.91 Å². The zero-order valence-electron chi connectivity index (χ0n) is 19.1. The van der Waals surface area contributed by atoms with Gasteiger partial charge in [0.05, 0.1) is 12.7 Å². The molecular formula is C24H34N4O3. The van der Waals surface area contributed by atoms with Crippen molar-refractivity contribution in [2.24, 2.45) is 0 Å². The smallest absolute Gasteiger partial charge is 0.339 e. The van der Waals surface area contributed by atoms with E-state index in [1.807, 2.05) is 19.1 Å². The molecule has 0 bridgehead atoms. The number of carbonyl (C=O) groups excluding carboxylic acids is 2. The first-order valence-corrected chi connectivity index (χ1v) is 11.0. The normalized spacial score (nSPS) is 15.1. The first kappa shape index (κ1) is 23.0. The van der Waals surface area contributed by atoms with Gasteiger partial charge in [0.2, 0.25) is 0 Å². The number of aryl methyl sites for hydroxylation is 1. The van der Waals surface area contributed by atoms with E-state index >= 15 is 0 Å². The number of aromatic amines is 1. The van der Waals surface area contributed by atoms with E-state index in [1.165, 1.54) is 12.7 Å². The number of aromatic nitrogens is 1. The molecule has 1 aliphatic rings. The zero-order chi connectivity index (χ0) is 22.4. The molecule has 1 aromatic heterocycles. The SMILES string of the molecule is CCCc1c(C(=O)NCc2cccc(CN3CCN(C)CC3)c2)[nH]c(C)c1C(=O)OC. The summed E-state index contributed by atoms with van der Waals surface area (Å²) in [5, 5.41) is 3.01. The highest BCUT2D eigenvalue weighted by Gasteiger charge is 2.24. The second-order valence-electron chi connectivity index (χ2n) is 8.30. The molecule has 1 amide bonds. The van der Waals surface area contributed by atoms with E-state index < -0.39 is 5.97 Å². The largest absolute Gasteiger partial charge is 0.465 e. The minimum absolute atomic E-state index is 0.203. The number of piperazine rings is 1. The number of nitrogens with zero attached hydrogens (tertiary/aromatic N) is 2. The van der Waals surface area contributed by atoms with Crippen molar-refractivity contribution in [3.63, 3.8) is 0 Å². The number of nitrogens with one attached hydrogen (secondary N) is 2. The number of esters is 1. The van der Waals surface area contributed by atoms with E-state index in [4.69, 9.17) is 4.74 Å². The van der Waals surface area contributed by atoms with Gasteiger partial charge in [-0.15, -0.1) is 0 Å². The zero-order valence-corrected chi connectivity index (χ0v) is 19.1. The number of hydrogen-bond acceptors (Lipinski definition) is 5. The van der Waals surface area contributed by atoms with Crippen molar-refractivity contribution in [1.29, 1.82) is 0 Å². The molecule has 7 nitrogen and oxygen atoms in total.